The van der Waals surface area contributed by atoms with Gasteiger partial charge in [0.05, 0.1) is 24.5 Å². The number of thioether (sulfide) groups is 1. The lowest BCUT2D eigenvalue weighted by molar-refractivity contribution is -0.112. The molecule has 3 aromatic rings. The summed E-state index contributed by atoms with van der Waals surface area (Å²) in [5, 5.41) is 2.22. The van der Waals surface area contributed by atoms with Crippen LogP contribution in [0.2, 0.25) is 0 Å². The van der Waals surface area contributed by atoms with E-state index in [4.69, 9.17) is 4.74 Å². The summed E-state index contributed by atoms with van der Waals surface area (Å²) in [6.07, 6.45) is 0.453. The number of carbonyl (C=O) groups is 3. The molecule has 2 aliphatic rings. The summed E-state index contributed by atoms with van der Waals surface area (Å²) >= 11 is 0.721. The molecule has 3 aromatic carbocycles. The monoisotopic (exact) mass is 473 g/mol. The standard InChI is InChI=1S/C26H23N3O4S/c30-24-21-8-4-5-9-23(21)29(19-6-2-1-3-7-19)17-28(24)14-15-33-20-12-10-18(11-13-20)16-22-25(31)34-26(32)27-22/h1-13,22H,14-17H2,(H,27,32). The van der Waals surface area contributed by atoms with E-state index in [2.05, 4.69) is 10.2 Å². The van der Waals surface area contributed by atoms with Crippen LogP contribution < -0.4 is 15.0 Å². The van der Waals surface area contributed by atoms with E-state index in [1.165, 1.54) is 0 Å². The van der Waals surface area contributed by atoms with Crippen molar-refractivity contribution in [3.8, 4) is 5.75 Å². The van der Waals surface area contributed by atoms with Crippen LogP contribution in [0.5, 0.6) is 5.75 Å². The fourth-order valence-electron chi connectivity index (χ4n) is 4.13. The van der Waals surface area contributed by atoms with Gasteiger partial charge in [-0.25, -0.2) is 0 Å². The molecule has 1 atom stereocenters. The number of ether oxygens (including phenoxy) is 1. The summed E-state index contributed by atoms with van der Waals surface area (Å²) in [6, 6.07) is 24.6. The minimum atomic E-state index is -0.482. The number of nitrogens with one attached hydrogen (secondary N) is 1. The first-order valence-electron chi connectivity index (χ1n) is 11.0. The molecule has 2 heterocycles. The molecule has 7 nitrogen and oxygen atoms in total. The normalized spacial score (nSPS) is 17.5. The van der Waals surface area contributed by atoms with Crippen LogP contribution in [0.1, 0.15) is 15.9 Å². The second kappa shape index (κ2) is 9.61. The third-order valence-electron chi connectivity index (χ3n) is 5.86. The van der Waals surface area contributed by atoms with Crippen LogP contribution in [-0.2, 0) is 11.2 Å². The van der Waals surface area contributed by atoms with Crippen molar-refractivity contribution < 1.29 is 19.1 Å². The molecule has 0 bridgehead atoms. The Balaban J connectivity index is 1.21. The number of carbonyl (C=O) groups excluding carboxylic acids is 3. The van der Waals surface area contributed by atoms with Crippen LogP contribution in [0.3, 0.4) is 0 Å². The van der Waals surface area contributed by atoms with Crippen molar-refractivity contribution in [2.75, 3.05) is 24.7 Å². The lowest BCUT2D eigenvalue weighted by atomic mass is 10.1. The van der Waals surface area contributed by atoms with Crippen molar-refractivity contribution >= 4 is 39.4 Å². The Morgan fingerprint density at radius 1 is 0.912 bits per heavy atom. The van der Waals surface area contributed by atoms with Crippen molar-refractivity contribution in [3.05, 3.63) is 90.0 Å². The molecule has 2 aliphatic heterocycles. The molecule has 1 N–H and O–H groups in total. The highest BCUT2D eigenvalue weighted by molar-refractivity contribution is 8.26. The van der Waals surface area contributed by atoms with Gasteiger partial charge in [0, 0.05) is 23.9 Å². The van der Waals surface area contributed by atoms with Gasteiger partial charge in [0.15, 0.2) is 0 Å². The number of nitrogens with zero attached hydrogens (tertiary/aromatic N) is 2. The summed E-state index contributed by atoms with van der Waals surface area (Å²) in [5.74, 6) is 0.674. The van der Waals surface area contributed by atoms with Crippen LogP contribution >= 0.6 is 11.8 Å². The lowest BCUT2D eigenvalue weighted by Gasteiger charge is -2.38. The third-order valence-corrected chi connectivity index (χ3v) is 6.64. The number of anilines is 2. The van der Waals surface area contributed by atoms with Crippen LogP contribution in [0.25, 0.3) is 0 Å². The van der Waals surface area contributed by atoms with Crippen molar-refractivity contribution in [3.63, 3.8) is 0 Å². The number of fused-ring (bicyclic) bond motifs is 1. The first-order valence-corrected chi connectivity index (χ1v) is 11.8. The van der Waals surface area contributed by atoms with Crippen LogP contribution in [0.4, 0.5) is 16.2 Å². The molecule has 1 fully saturated rings. The molecule has 8 heteroatoms. The highest BCUT2D eigenvalue weighted by Gasteiger charge is 2.31. The van der Waals surface area contributed by atoms with E-state index in [0.717, 1.165) is 28.7 Å². The Labute approximate surface area is 201 Å². The molecule has 0 aromatic heterocycles. The van der Waals surface area contributed by atoms with E-state index >= 15 is 0 Å². The Morgan fingerprint density at radius 2 is 1.65 bits per heavy atom. The van der Waals surface area contributed by atoms with Crippen molar-refractivity contribution in [2.45, 2.75) is 12.5 Å². The predicted octanol–water partition coefficient (Wildman–Crippen LogP) is 4.21. The highest BCUT2D eigenvalue weighted by atomic mass is 32.2. The van der Waals surface area contributed by atoms with Crippen LogP contribution in [0.15, 0.2) is 78.9 Å². The number of hydrogen-bond donors (Lipinski definition) is 1. The number of rotatable bonds is 7. The average molecular weight is 474 g/mol. The fourth-order valence-corrected chi connectivity index (χ4v) is 4.80. The molecule has 1 saturated heterocycles. The minimum Gasteiger partial charge on any atom is -0.492 e. The molecule has 0 saturated carbocycles. The topological polar surface area (TPSA) is 79.0 Å². The molecule has 34 heavy (non-hydrogen) atoms. The number of amides is 2. The van der Waals surface area contributed by atoms with Gasteiger partial charge in [-0.15, -0.1) is 0 Å². The van der Waals surface area contributed by atoms with Crippen molar-refractivity contribution in [1.82, 2.24) is 10.2 Å². The zero-order chi connectivity index (χ0) is 23.5. The molecule has 0 radical (unpaired) electrons. The molecule has 0 spiro atoms. The molecule has 0 aliphatic carbocycles. The summed E-state index contributed by atoms with van der Waals surface area (Å²) < 4.78 is 5.90. The van der Waals surface area contributed by atoms with Gasteiger partial charge in [-0.3, -0.25) is 14.4 Å². The van der Waals surface area contributed by atoms with Gasteiger partial charge in [-0.05, 0) is 42.0 Å². The van der Waals surface area contributed by atoms with Crippen LogP contribution in [-0.4, -0.2) is 47.0 Å². The van der Waals surface area contributed by atoms with Gasteiger partial charge in [-0.1, -0.05) is 42.5 Å². The summed E-state index contributed by atoms with van der Waals surface area (Å²) in [7, 11) is 0. The smallest absolute Gasteiger partial charge is 0.287 e. The summed E-state index contributed by atoms with van der Waals surface area (Å²) in [4.78, 5) is 40.1. The molecule has 172 valence electrons. The average Bonchev–Trinajstić information content (AvgIpc) is 3.18. The van der Waals surface area contributed by atoms with Crippen molar-refractivity contribution in [1.29, 1.82) is 0 Å². The van der Waals surface area contributed by atoms with Gasteiger partial charge in [-0.2, -0.15) is 0 Å². The third kappa shape index (κ3) is 4.63. The maximum absolute atomic E-state index is 13.1. The van der Waals surface area contributed by atoms with Gasteiger partial charge in [0.1, 0.15) is 18.4 Å². The molecular weight excluding hydrogens is 450 g/mol. The van der Waals surface area contributed by atoms with E-state index in [0.29, 0.717) is 37.6 Å². The minimum absolute atomic E-state index is 0.0112. The second-order valence-electron chi connectivity index (χ2n) is 8.09. The predicted molar refractivity (Wildman–Crippen MR) is 131 cm³/mol. The quantitative estimate of drug-likeness (QED) is 0.554. The largest absolute Gasteiger partial charge is 0.492 e. The summed E-state index contributed by atoms with van der Waals surface area (Å²) in [6.45, 7) is 1.24. The van der Waals surface area contributed by atoms with E-state index in [1.54, 1.807) is 4.90 Å². The maximum Gasteiger partial charge on any atom is 0.287 e. The van der Waals surface area contributed by atoms with Crippen LogP contribution in [0, 0.1) is 0 Å². The fraction of sp³-hybridized carbons (Fsp3) is 0.192. The Kier molecular flexibility index (Phi) is 6.22. The molecule has 5 rings (SSSR count). The Morgan fingerprint density at radius 3 is 2.38 bits per heavy atom. The van der Waals surface area contributed by atoms with E-state index in [9.17, 15) is 14.4 Å². The number of hydrogen-bond acceptors (Lipinski definition) is 6. The summed E-state index contributed by atoms with van der Waals surface area (Å²) in [5.41, 5.74) is 3.55. The van der Waals surface area contributed by atoms with Gasteiger partial charge < -0.3 is 19.9 Å². The van der Waals surface area contributed by atoms with Gasteiger partial charge >= 0.3 is 0 Å². The second-order valence-corrected chi connectivity index (χ2v) is 9.07. The van der Waals surface area contributed by atoms with E-state index < -0.39 is 6.04 Å². The molecule has 2 amide bonds. The number of para-hydroxylation sites is 2. The first kappa shape index (κ1) is 22.0. The zero-order valence-corrected chi connectivity index (χ0v) is 19.2. The van der Waals surface area contributed by atoms with Gasteiger partial charge in [0.25, 0.3) is 11.1 Å². The van der Waals surface area contributed by atoms with E-state index in [-0.39, 0.29) is 16.3 Å². The SMILES string of the molecule is O=C1NC(Cc2ccc(OCCN3CN(c4ccccc4)c4ccccc4C3=O)cc2)C(=O)S1. The maximum atomic E-state index is 13.1. The molecular formula is C26H23N3O4S. The molecule has 1 unspecified atom stereocenters. The lowest BCUT2D eigenvalue weighted by Crippen LogP contribution is -2.46. The first-order chi connectivity index (χ1) is 16.6. The Hall–Kier alpha value is -3.78. The highest BCUT2D eigenvalue weighted by Crippen LogP contribution is 2.33. The zero-order valence-electron chi connectivity index (χ0n) is 18.3. The Bertz CT molecular complexity index is 1220. The van der Waals surface area contributed by atoms with Crippen molar-refractivity contribution in [2.24, 2.45) is 0 Å². The number of benzene rings is 3. The van der Waals surface area contributed by atoms with E-state index in [1.807, 2.05) is 78.9 Å². The van der Waals surface area contributed by atoms with Gasteiger partial charge in [0.2, 0.25) is 5.12 Å².